The number of amides is 2. The van der Waals surface area contributed by atoms with Gasteiger partial charge in [0.15, 0.2) is 0 Å². The van der Waals surface area contributed by atoms with Crippen molar-refractivity contribution in [2.75, 3.05) is 26.8 Å². The van der Waals surface area contributed by atoms with Crippen LogP contribution in [0.25, 0.3) is 0 Å². The SMILES string of the molecule is CCCCOC(=O)N1CCC(NC(=O)OC)C(F)C1. The van der Waals surface area contributed by atoms with Gasteiger partial charge >= 0.3 is 12.2 Å². The molecular weight excluding hydrogens is 255 g/mol. The highest BCUT2D eigenvalue weighted by Crippen LogP contribution is 2.15. The molecule has 0 aromatic heterocycles. The predicted octanol–water partition coefficient (Wildman–Crippen LogP) is 1.69. The van der Waals surface area contributed by atoms with Crippen LogP contribution in [0.4, 0.5) is 14.0 Å². The van der Waals surface area contributed by atoms with Gasteiger partial charge in [-0.2, -0.15) is 0 Å². The van der Waals surface area contributed by atoms with Gasteiger partial charge in [-0.3, -0.25) is 0 Å². The van der Waals surface area contributed by atoms with Crippen molar-refractivity contribution >= 4 is 12.2 Å². The lowest BCUT2D eigenvalue weighted by atomic mass is 10.0. The van der Waals surface area contributed by atoms with Gasteiger partial charge in [-0.15, -0.1) is 0 Å². The van der Waals surface area contributed by atoms with Crippen LogP contribution in [0.3, 0.4) is 0 Å². The number of alkyl halides is 1. The van der Waals surface area contributed by atoms with Gasteiger partial charge in [-0.1, -0.05) is 13.3 Å². The topological polar surface area (TPSA) is 67.9 Å². The summed E-state index contributed by atoms with van der Waals surface area (Å²) in [6.45, 7) is 2.64. The molecule has 2 amide bonds. The van der Waals surface area contributed by atoms with Crippen LogP contribution in [0.2, 0.25) is 0 Å². The van der Waals surface area contributed by atoms with E-state index in [0.717, 1.165) is 12.8 Å². The number of nitrogens with zero attached hydrogens (tertiary/aromatic N) is 1. The van der Waals surface area contributed by atoms with Crippen molar-refractivity contribution in [2.45, 2.75) is 38.4 Å². The van der Waals surface area contributed by atoms with Crippen molar-refractivity contribution in [3.63, 3.8) is 0 Å². The van der Waals surface area contributed by atoms with Crippen molar-refractivity contribution in [1.29, 1.82) is 0 Å². The zero-order valence-electron chi connectivity index (χ0n) is 11.4. The predicted molar refractivity (Wildman–Crippen MR) is 66.7 cm³/mol. The van der Waals surface area contributed by atoms with E-state index in [4.69, 9.17) is 4.74 Å². The Morgan fingerprint density at radius 1 is 1.47 bits per heavy atom. The fourth-order valence-electron chi connectivity index (χ4n) is 1.84. The van der Waals surface area contributed by atoms with Crippen molar-refractivity contribution in [3.05, 3.63) is 0 Å². The molecule has 2 unspecified atom stereocenters. The lowest BCUT2D eigenvalue weighted by Crippen LogP contribution is -2.53. The minimum atomic E-state index is -1.31. The summed E-state index contributed by atoms with van der Waals surface area (Å²) in [6, 6.07) is -0.618. The highest BCUT2D eigenvalue weighted by atomic mass is 19.1. The molecule has 0 bridgehead atoms. The Bertz CT molecular complexity index is 314. The second-order valence-electron chi connectivity index (χ2n) is 4.46. The molecule has 0 spiro atoms. The van der Waals surface area contributed by atoms with E-state index in [1.54, 1.807) is 0 Å². The molecule has 19 heavy (non-hydrogen) atoms. The number of nitrogens with one attached hydrogen (secondary N) is 1. The summed E-state index contributed by atoms with van der Waals surface area (Å²) in [6.07, 6.45) is -0.389. The number of hydrogen-bond acceptors (Lipinski definition) is 4. The molecule has 1 rings (SSSR count). The Kier molecular flexibility index (Phi) is 6.38. The van der Waals surface area contributed by atoms with Crippen LogP contribution in [0.15, 0.2) is 0 Å². The molecule has 7 heteroatoms. The van der Waals surface area contributed by atoms with E-state index in [9.17, 15) is 14.0 Å². The summed E-state index contributed by atoms with van der Waals surface area (Å²) < 4.78 is 23.3. The zero-order chi connectivity index (χ0) is 14.3. The maximum atomic E-state index is 13.8. The van der Waals surface area contributed by atoms with E-state index in [-0.39, 0.29) is 6.54 Å². The van der Waals surface area contributed by atoms with E-state index < -0.39 is 24.4 Å². The maximum absolute atomic E-state index is 13.8. The van der Waals surface area contributed by atoms with Gasteiger partial charge in [0.1, 0.15) is 6.17 Å². The third-order valence-corrected chi connectivity index (χ3v) is 3.01. The third-order valence-electron chi connectivity index (χ3n) is 3.01. The monoisotopic (exact) mass is 276 g/mol. The Balaban J connectivity index is 2.36. The minimum absolute atomic E-state index is 0.0698. The van der Waals surface area contributed by atoms with Crippen molar-refractivity contribution < 1.29 is 23.5 Å². The Labute approximate surface area is 112 Å². The molecule has 6 nitrogen and oxygen atoms in total. The number of rotatable bonds is 4. The van der Waals surface area contributed by atoms with Crippen LogP contribution in [0, 0.1) is 0 Å². The van der Waals surface area contributed by atoms with Crippen molar-refractivity contribution in [2.24, 2.45) is 0 Å². The summed E-state index contributed by atoms with van der Waals surface area (Å²) >= 11 is 0. The van der Waals surface area contributed by atoms with Gasteiger partial charge in [0.2, 0.25) is 0 Å². The quantitative estimate of drug-likeness (QED) is 0.793. The molecule has 1 aliphatic rings. The Morgan fingerprint density at radius 3 is 2.79 bits per heavy atom. The first-order valence-corrected chi connectivity index (χ1v) is 6.48. The molecule has 0 aromatic rings. The molecular formula is C12H21FN2O4. The molecule has 1 fully saturated rings. The van der Waals surface area contributed by atoms with Gasteiger partial charge < -0.3 is 19.7 Å². The largest absolute Gasteiger partial charge is 0.453 e. The fraction of sp³-hybridized carbons (Fsp3) is 0.833. The van der Waals surface area contributed by atoms with Gasteiger partial charge in [0.25, 0.3) is 0 Å². The van der Waals surface area contributed by atoms with Crippen molar-refractivity contribution in [3.8, 4) is 0 Å². The molecule has 0 saturated carbocycles. The molecule has 1 saturated heterocycles. The number of carbonyl (C=O) groups is 2. The summed E-state index contributed by atoms with van der Waals surface area (Å²) in [7, 11) is 1.22. The molecule has 110 valence electrons. The number of unbranched alkanes of at least 4 members (excludes halogenated alkanes) is 1. The van der Waals surface area contributed by atoms with E-state index in [0.29, 0.717) is 19.6 Å². The van der Waals surface area contributed by atoms with E-state index in [1.807, 2.05) is 6.92 Å². The summed E-state index contributed by atoms with van der Waals surface area (Å²) in [5.41, 5.74) is 0. The highest BCUT2D eigenvalue weighted by molar-refractivity contribution is 5.69. The molecule has 1 aliphatic heterocycles. The second kappa shape index (κ2) is 7.81. The van der Waals surface area contributed by atoms with Crippen LogP contribution in [0.5, 0.6) is 0 Å². The lowest BCUT2D eigenvalue weighted by molar-refractivity contribution is 0.0628. The zero-order valence-corrected chi connectivity index (χ0v) is 11.4. The van der Waals surface area contributed by atoms with Gasteiger partial charge in [-0.25, -0.2) is 14.0 Å². The molecule has 1 heterocycles. The number of carbonyl (C=O) groups excluding carboxylic acids is 2. The fourth-order valence-corrected chi connectivity index (χ4v) is 1.84. The van der Waals surface area contributed by atoms with Crippen LogP contribution < -0.4 is 5.32 Å². The first kappa shape index (κ1) is 15.5. The third kappa shape index (κ3) is 4.92. The Morgan fingerprint density at radius 2 is 2.21 bits per heavy atom. The van der Waals surface area contributed by atoms with Crippen LogP contribution in [-0.4, -0.2) is 56.1 Å². The maximum Gasteiger partial charge on any atom is 0.409 e. The highest BCUT2D eigenvalue weighted by Gasteiger charge is 2.33. The number of piperidine rings is 1. The molecule has 1 N–H and O–H groups in total. The van der Waals surface area contributed by atoms with Gasteiger partial charge in [-0.05, 0) is 12.8 Å². The number of alkyl carbamates (subject to hydrolysis) is 1. The summed E-state index contributed by atoms with van der Waals surface area (Å²) in [5, 5.41) is 2.42. The number of hydrogen-bond donors (Lipinski definition) is 1. The molecule has 2 atom stereocenters. The number of likely N-dealkylation sites (tertiary alicyclic amines) is 1. The van der Waals surface area contributed by atoms with E-state index in [2.05, 4.69) is 10.1 Å². The summed E-state index contributed by atoms with van der Waals surface area (Å²) in [5.74, 6) is 0. The average molecular weight is 276 g/mol. The first-order chi connectivity index (χ1) is 9.08. The number of methoxy groups -OCH3 is 1. The molecule has 0 aliphatic carbocycles. The minimum Gasteiger partial charge on any atom is -0.453 e. The van der Waals surface area contributed by atoms with Gasteiger partial charge in [0, 0.05) is 6.54 Å². The van der Waals surface area contributed by atoms with Crippen LogP contribution in [-0.2, 0) is 9.47 Å². The standard InChI is InChI=1S/C12H21FN2O4/c1-3-4-7-19-12(17)15-6-5-10(9(13)8-15)14-11(16)18-2/h9-10H,3-8H2,1-2H3,(H,14,16). The molecule has 0 aromatic carbocycles. The van der Waals surface area contributed by atoms with Crippen molar-refractivity contribution in [1.82, 2.24) is 10.2 Å². The lowest BCUT2D eigenvalue weighted by Gasteiger charge is -2.34. The number of ether oxygens (including phenoxy) is 2. The average Bonchev–Trinajstić information content (AvgIpc) is 2.41. The number of halogens is 1. The van der Waals surface area contributed by atoms with Gasteiger partial charge in [0.05, 0.1) is 26.3 Å². The van der Waals surface area contributed by atoms with Crippen LogP contribution >= 0.6 is 0 Å². The van der Waals surface area contributed by atoms with E-state index in [1.165, 1.54) is 12.0 Å². The van der Waals surface area contributed by atoms with E-state index >= 15 is 0 Å². The van der Waals surface area contributed by atoms with Crippen LogP contribution in [0.1, 0.15) is 26.2 Å². The Hall–Kier alpha value is -1.53. The normalized spacial score (nSPS) is 22.8. The molecule has 0 radical (unpaired) electrons. The first-order valence-electron chi connectivity index (χ1n) is 6.48. The summed E-state index contributed by atoms with van der Waals surface area (Å²) in [4.78, 5) is 24.0. The second-order valence-corrected chi connectivity index (χ2v) is 4.46. The smallest absolute Gasteiger partial charge is 0.409 e.